The molecule has 1 aliphatic heterocycles. The summed E-state index contributed by atoms with van der Waals surface area (Å²) in [5, 5.41) is 2.90. The molecule has 1 fully saturated rings. The molecular weight excluding hydrogens is 324 g/mol. The molecule has 0 aliphatic carbocycles. The third kappa shape index (κ3) is 4.04. The van der Waals surface area contributed by atoms with E-state index in [1.807, 2.05) is 0 Å². The van der Waals surface area contributed by atoms with Gasteiger partial charge in [-0.3, -0.25) is 14.5 Å². The van der Waals surface area contributed by atoms with Gasteiger partial charge in [-0.15, -0.1) is 0 Å². The van der Waals surface area contributed by atoms with Crippen molar-refractivity contribution in [2.45, 2.75) is 31.7 Å². The molecule has 1 unspecified atom stereocenters. The highest BCUT2D eigenvalue weighted by Crippen LogP contribution is 2.38. The number of hydrogen-bond donors (Lipinski definition) is 1. The van der Waals surface area contributed by atoms with Gasteiger partial charge in [0, 0.05) is 44.9 Å². The minimum atomic E-state index is -0.943. The number of hydrogen-bond acceptors (Lipinski definition) is 5. The molecule has 0 spiro atoms. The minimum Gasteiger partial charge on any atom is -0.497 e. The highest BCUT2D eigenvalue weighted by Gasteiger charge is 2.48. The van der Waals surface area contributed by atoms with Crippen molar-refractivity contribution in [2.75, 3.05) is 39.4 Å². The van der Waals surface area contributed by atoms with Gasteiger partial charge in [-0.1, -0.05) is 0 Å². The van der Waals surface area contributed by atoms with Gasteiger partial charge < -0.3 is 19.5 Å². The molecule has 0 radical (unpaired) electrons. The number of nitrogens with one attached hydrogen (secondary N) is 1. The Kier molecular flexibility index (Phi) is 6.25. The molecule has 1 aliphatic rings. The number of carbonyl (C=O) groups excluding carboxylic acids is 2. The monoisotopic (exact) mass is 350 g/mol. The van der Waals surface area contributed by atoms with E-state index >= 15 is 0 Å². The Labute approximate surface area is 148 Å². The van der Waals surface area contributed by atoms with E-state index in [1.54, 1.807) is 51.4 Å². The summed E-state index contributed by atoms with van der Waals surface area (Å²) in [6, 6.07) is 5.20. The lowest BCUT2D eigenvalue weighted by molar-refractivity contribution is -0.127. The molecule has 1 aromatic rings. The Morgan fingerprint density at radius 3 is 2.40 bits per heavy atom. The fourth-order valence-electron chi connectivity index (χ4n) is 3.02. The lowest BCUT2D eigenvalue weighted by Crippen LogP contribution is -2.55. The van der Waals surface area contributed by atoms with Crippen LogP contribution in [-0.4, -0.2) is 51.8 Å². The average Bonchev–Trinajstić information content (AvgIpc) is 2.94. The van der Waals surface area contributed by atoms with Crippen LogP contribution in [0, 0.1) is 0 Å². The smallest absolute Gasteiger partial charge is 0.246 e. The van der Waals surface area contributed by atoms with Crippen LogP contribution in [0.5, 0.6) is 11.5 Å². The molecule has 0 bridgehead atoms. The van der Waals surface area contributed by atoms with Crippen molar-refractivity contribution in [1.29, 1.82) is 0 Å². The minimum absolute atomic E-state index is 0.0927. The molecule has 1 atom stereocenters. The van der Waals surface area contributed by atoms with Crippen molar-refractivity contribution in [1.82, 2.24) is 5.32 Å². The number of nitrogens with zero attached hydrogens (tertiary/aromatic N) is 1. The van der Waals surface area contributed by atoms with Crippen molar-refractivity contribution in [3.05, 3.63) is 18.2 Å². The van der Waals surface area contributed by atoms with Crippen LogP contribution in [0.4, 0.5) is 5.69 Å². The number of carbonyl (C=O) groups is 2. The summed E-state index contributed by atoms with van der Waals surface area (Å²) in [6.07, 6.45) is 1.50. The van der Waals surface area contributed by atoms with E-state index < -0.39 is 5.54 Å². The highest BCUT2D eigenvalue weighted by molar-refractivity contribution is 6.06. The van der Waals surface area contributed by atoms with Crippen LogP contribution in [0.3, 0.4) is 0 Å². The number of anilines is 1. The van der Waals surface area contributed by atoms with Crippen LogP contribution in [0.25, 0.3) is 0 Å². The maximum absolute atomic E-state index is 12.8. The van der Waals surface area contributed by atoms with Gasteiger partial charge in [0.05, 0.1) is 19.9 Å². The van der Waals surface area contributed by atoms with Crippen molar-refractivity contribution in [3.63, 3.8) is 0 Å². The molecule has 2 amide bonds. The molecule has 138 valence electrons. The summed E-state index contributed by atoms with van der Waals surface area (Å²) in [6.45, 7) is 2.87. The van der Waals surface area contributed by atoms with E-state index in [0.29, 0.717) is 43.2 Å². The summed E-state index contributed by atoms with van der Waals surface area (Å²) in [7, 11) is 4.72. The first-order valence-electron chi connectivity index (χ1n) is 8.29. The molecule has 1 heterocycles. The Morgan fingerprint density at radius 1 is 1.20 bits per heavy atom. The van der Waals surface area contributed by atoms with Gasteiger partial charge in [0.15, 0.2) is 0 Å². The standard InChI is InChI=1S/C18H26N2O5/c1-18(17(22)19-8-5-9-23-2)7-6-16(21)20(18)13-10-14(24-3)12-15(11-13)25-4/h10-12H,5-9H2,1-4H3,(H,19,22). The lowest BCUT2D eigenvalue weighted by atomic mass is 9.97. The predicted octanol–water partition coefficient (Wildman–Crippen LogP) is 1.74. The highest BCUT2D eigenvalue weighted by atomic mass is 16.5. The molecular formula is C18H26N2O5. The third-order valence-corrected chi connectivity index (χ3v) is 4.46. The van der Waals surface area contributed by atoms with Crippen LogP contribution in [0.1, 0.15) is 26.2 Å². The first-order valence-corrected chi connectivity index (χ1v) is 8.29. The van der Waals surface area contributed by atoms with E-state index in [2.05, 4.69) is 5.32 Å². The predicted molar refractivity (Wildman–Crippen MR) is 94.2 cm³/mol. The number of amides is 2. The maximum Gasteiger partial charge on any atom is 0.246 e. The second-order valence-corrected chi connectivity index (χ2v) is 6.18. The average molecular weight is 350 g/mol. The Balaban J connectivity index is 2.27. The van der Waals surface area contributed by atoms with E-state index in [-0.39, 0.29) is 11.8 Å². The lowest BCUT2D eigenvalue weighted by Gasteiger charge is -2.34. The zero-order chi connectivity index (χ0) is 18.4. The van der Waals surface area contributed by atoms with Gasteiger partial charge in [-0.05, 0) is 19.8 Å². The van der Waals surface area contributed by atoms with Gasteiger partial charge in [-0.25, -0.2) is 0 Å². The van der Waals surface area contributed by atoms with Crippen molar-refractivity contribution >= 4 is 17.5 Å². The summed E-state index contributed by atoms with van der Waals surface area (Å²) < 4.78 is 15.5. The summed E-state index contributed by atoms with van der Waals surface area (Å²) in [5.74, 6) is 0.870. The quantitative estimate of drug-likeness (QED) is 0.723. The fraction of sp³-hybridized carbons (Fsp3) is 0.556. The molecule has 7 nitrogen and oxygen atoms in total. The molecule has 0 saturated carbocycles. The Bertz CT molecular complexity index is 612. The molecule has 2 rings (SSSR count). The number of benzene rings is 1. The van der Waals surface area contributed by atoms with Gasteiger partial charge in [-0.2, -0.15) is 0 Å². The molecule has 7 heteroatoms. The van der Waals surface area contributed by atoms with Gasteiger partial charge in [0.2, 0.25) is 11.8 Å². The molecule has 1 saturated heterocycles. The number of rotatable bonds is 8. The summed E-state index contributed by atoms with van der Waals surface area (Å²) in [4.78, 5) is 26.8. The second kappa shape index (κ2) is 8.20. The van der Waals surface area contributed by atoms with Crippen LogP contribution in [0.2, 0.25) is 0 Å². The molecule has 25 heavy (non-hydrogen) atoms. The largest absolute Gasteiger partial charge is 0.497 e. The van der Waals surface area contributed by atoms with Crippen LogP contribution < -0.4 is 19.7 Å². The summed E-state index contributed by atoms with van der Waals surface area (Å²) >= 11 is 0. The first kappa shape index (κ1) is 19.1. The van der Waals surface area contributed by atoms with Gasteiger partial charge in [0.25, 0.3) is 0 Å². The van der Waals surface area contributed by atoms with E-state index in [1.165, 1.54) is 0 Å². The topological polar surface area (TPSA) is 77.1 Å². The Morgan fingerprint density at radius 2 is 1.84 bits per heavy atom. The van der Waals surface area contributed by atoms with Gasteiger partial charge in [0.1, 0.15) is 17.0 Å². The van der Waals surface area contributed by atoms with Gasteiger partial charge >= 0.3 is 0 Å². The fourth-order valence-corrected chi connectivity index (χ4v) is 3.02. The van der Waals surface area contributed by atoms with E-state index in [4.69, 9.17) is 14.2 Å². The van der Waals surface area contributed by atoms with Crippen LogP contribution in [0.15, 0.2) is 18.2 Å². The number of methoxy groups -OCH3 is 3. The van der Waals surface area contributed by atoms with E-state index in [0.717, 1.165) is 6.42 Å². The zero-order valence-corrected chi connectivity index (χ0v) is 15.3. The number of ether oxygens (including phenoxy) is 3. The zero-order valence-electron chi connectivity index (χ0n) is 15.3. The molecule has 0 aromatic heterocycles. The van der Waals surface area contributed by atoms with Crippen molar-refractivity contribution < 1.29 is 23.8 Å². The van der Waals surface area contributed by atoms with E-state index in [9.17, 15) is 9.59 Å². The second-order valence-electron chi connectivity index (χ2n) is 6.18. The van der Waals surface area contributed by atoms with Crippen LogP contribution in [-0.2, 0) is 14.3 Å². The maximum atomic E-state index is 12.8. The van der Waals surface area contributed by atoms with Crippen molar-refractivity contribution in [2.24, 2.45) is 0 Å². The third-order valence-electron chi connectivity index (χ3n) is 4.46. The first-order chi connectivity index (χ1) is 12.0. The molecule has 1 N–H and O–H groups in total. The Hall–Kier alpha value is -2.28. The summed E-state index contributed by atoms with van der Waals surface area (Å²) in [5.41, 5.74) is -0.352. The van der Waals surface area contributed by atoms with Crippen molar-refractivity contribution in [3.8, 4) is 11.5 Å². The van der Waals surface area contributed by atoms with Crippen LogP contribution >= 0.6 is 0 Å². The SMILES string of the molecule is COCCCNC(=O)C1(C)CCC(=O)N1c1cc(OC)cc(OC)c1. The normalized spacial score (nSPS) is 19.8. The molecule has 1 aromatic carbocycles.